The van der Waals surface area contributed by atoms with E-state index in [1.807, 2.05) is 0 Å². The number of hydrogen-bond donors (Lipinski definition) is 3. The van der Waals surface area contributed by atoms with Gasteiger partial charge in [-0.15, -0.1) is 0 Å². The van der Waals surface area contributed by atoms with Crippen molar-refractivity contribution in [2.24, 2.45) is 0 Å². The summed E-state index contributed by atoms with van der Waals surface area (Å²) in [6.45, 7) is 6.45. The number of hydrogen-bond acceptors (Lipinski definition) is 5. The molecule has 0 aliphatic rings. The van der Waals surface area contributed by atoms with E-state index in [1.54, 1.807) is 0 Å². The molecule has 0 aromatic carbocycles. The SMILES string of the molecule is CCCCC/C=C\C/C=C\C/C=C\C/C=C\CCCC(=O)OC(CCC/C=C\CCCCCCCCC)CC(=O)NC(CO)C(O)CCCCCCCCCCCCCCCCCCC. The zero-order chi connectivity index (χ0) is 47.4. The predicted octanol–water partition coefficient (Wildman–Crippen LogP) is 17.2. The third-order valence-corrected chi connectivity index (χ3v) is 12.6. The zero-order valence-corrected chi connectivity index (χ0v) is 43.1. The highest BCUT2D eigenvalue weighted by Crippen LogP contribution is 2.17. The number of nitrogens with one attached hydrogen (secondary N) is 1. The maximum atomic E-state index is 13.2. The Balaban J connectivity index is 4.60. The largest absolute Gasteiger partial charge is 0.462 e. The summed E-state index contributed by atoms with van der Waals surface area (Å²) in [5.74, 6) is -0.565. The van der Waals surface area contributed by atoms with Crippen molar-refractivity contribution < 1.29 is 24.5 Å². The highest BCUT2D eigenvalue weighted by molar-refractivity contribution is 5.77. The second-order valence-corrected chi connectivity index (χ2v) is 19.0. The van der Waals surface area contributed by atoms with E-state index in [2.05, 4.69) is 86.8 Å². The van der Waals surface area contributed by atoms with Crippen LogP contribution < -0.4 is 5.32 Å². The summed E-state index contributed by atoms with van der Waals surface area (Å²) in [7, 11) is 0. The van der Waals surface area contributed by atoms with Gasteiger partial charge in [-0.1, -0.05) is 242 Å². The number of unbranched alkanes of at least 4 members (excludes halogenated alkanes) is 28. The molecular weight excluding hydrogens is 803 g/mol. The molecule has 6 nitrogen and oxygen atoms in total. The molecule has 0 radical (unpaired) electrons. The molecule has 1 amide bonds. The van der Waals surface area contributed by atoms with Crippen LogP contribution in [0.1, 0.15) is 278 Å². The second-order valence-electron chi connectivity index (χ2n) is 19.0. The molecule has 0 saturated heterocycles. The average Bonchev–Trinajstić information content (AvgIpc) is 3.30. The molecule has 0 rings (SSSR count). The summed E-state index contributed by atoms with van der Waals surface area (Å²) in [6, 6.07) is -0.722. The number of esters is 1. The van der Waals surface area contributed by atoms with Crippen LogP contribution in [0.2, 0.25) is 0 Å². The Morgan fingerprint density at radius 2 is 0.800 bits per heavy atom. The lowest BCUT2D eigenvalue weighted by Gasteiger charge is -2.24. The zero-order valence-electron chi connectivity index (χ0n) is 43.1. The van der Waals surface area contributed by atoms with Crippen molar-refractivity contribution in [2.45, 2.75) is 296 Å². The van der Waals surface area contributed by atoms with Crippen LogP contribution in [0.3, 0.4) is 0 Å². The lowest BCUT2D eigenvalue weighted by molar-refractivity contribution is -0.151. The van der Waals surface area contributed by atoms with E-state index in [4.69, 9.17) is 4.74 Å². The number of amides is 1. The molecule has 0 saturated carbocycles. The van der Waals surface area contributed by atoms with E-state index in [1.165, 1.54) is 161 Å². The van der Waals surface area contributed by atoms with Gasteiger partial charge in [-0.2, -0.15) is 0 Å². The molecule has 65 heavy (non-hydrogen) atoms. The molecule has 3 unspecified atom stereocenters. The van der Waals surface area contributed by atoms with Gasteiger partial charge in [-0.3, -0.25) is 9.59 Å². The van der Waals surface area contributed by atoms with Crippen LogP contribution >= 0.6 is 0 Å². The number of carbonyl (C=O) groups excluding carboxylic acids is 2. The van der Waals surface area contributed by atoms with Crippen LogP contribution in [-0.2, 0) is 14.3 Å². The van der Waals surface area contributed by atoms with E-state index in [-0.39, 0.29) is 24.9 Å². The third-order valence-electron chi connectivity index (χ3n) is 12.6. The van der Waals surface area contributed by atoms with Gasteiger partial charge < -0.3 is 20.3 Å². The normalized spacial score (nSPS) is 13.6. The second kappa shape index (κ2) is 52.5. The molecule has 0 aliphatic heterocycles. The molecule has 3 N–H and O–H groups in total. The molecule has 0 heterocycles. The highest BCUT2D eigenvalue weighted by atomic mass is 16.5. The molecule has 0 aromatic heterocycles. The fraction of sp³-hybridized carbons (Fsp3) is 0.797. The Kier molecular flexibility index (Phi) is 50.6. The van der Waals surface area contributed by atoms with Gasteiger partial charge >= 0.3 is 5.97 Å². The molecule has 0 aliphatic carbocycles. The maximum absolute atomic E-state index is 13.2. The van der Waals surface area contributed by atoms with Crippen LogP contribution in [0, 0.1) is 0 Å². The minimum Gasteiger partial charge on any atom is -0.462 e. The van der Waals surface area contributed by atoms with Gasteiger partial charge in [0.15, 0.2) is 0 Å². The van der Waals surface area contributed by atoms with Crippen LogP contribution in [0.15, 0.2) is 60.8 Å². The molecule has 0 aromatic rings. The van der Waals surface area contributed by atoms with Gasteiger partial charge in [0.25, 0.3) is 0 Å². The summed E-state index contributed by atoms with van der Waals surface area (Å²) >= 11 is 0. The average molecular weight is 911 g/mol. The van der Waals surface area contributed by atoms with E-state index in [0.717, 1.165) is 64.2 Å². The number of allylic oxidation sites excluding steroid dienone is 10. The number of aliphatic hydroxyl groups is 2. The van der Waals surface area contributed by atoms with Crippen molar-refractivity contribution in [2.75, 3.05) is 6.61 Å². The van der Waals surface area contributed by atoms with Crippen molar-refractivity contribution >= 4 is 11.9 Å². The summed E-state index contributed by atoms with van der Waals surface area (Å²) in [5, 5.41) is 23.8. The quantitative estimate of drug-likeness (QED) is 0.0321. The smallest absolute Gasteiger partial charge is 0.306 e. The number of ether oxygens (including phenoxy) is 1. The first-order chi connectivity index (χ1) is 32.0. The predicted molar refractivity (Wildman–Crippen MR) is 282 cm³/mol. The van der Waals surface area contributed by atoms with E-state index >= 15 is 0 Å². The molecule has 0 spiro atoms. The van der Waals surface area contributed by atoms with Gasteiger partial charge in [0, 0.05) is 6.42 Å². The lowest BCUT2D eigenvalue weighted by Crippen LogP contribution is -2.46. The Bertz CT molecular complexity index is 1160. The first-order valence-electron chi connectivity index (χ1n) is 28.0. The summed E-state index contributed by atoms with van der Waals surface area (Å²) in [6.07, 6.45) is 65.8. The topological polar surface area (TPSA) is 95.9 Å². The number of aliphatic hydroxyl groups excluding tert-OH is 2. The van der Waals surface area contributed by atoms with Gasteiger partial charge in [-0.05, 0) is 83.5 Å². The van der Waals surface area contributed by atoms with Gasteiger partial charge in [-0.25, -0.2) is 0 Å². The first-order valence-corrected chi connectivity index (χ1v) is 28.0. The first kappa shape index (κ1) is 62.6. The van der Waals surface area contributed by atoms with Crippen LogP contribution in [0.25, 0.3) is 0 Å². The summed E-state index contributed by atoms with van der Waals surface area (Å²) < 4.78 is 5.90. The van der Waals surface area contributed by atoms with Crippen molar-refractivity contribution in [3.63, 3.8) is 0 Å². The molecule has 3 atom stereocenters. The van der Waals surface area contributed by atoms with Crippen molar-refractivity contribution in [1.29, 1.82) is 0 Å². The standard InChI is InChI=1S/C59H107NO5/c1-4-7-10-13-16-19-22-25-27-29-31-33-36-39-42-45-48-51-57(62)56(54-61)60-58(63)53-55(50-47-44-41-38-35-24-21-18-15-12-9-6-3)65-59(64)52-49-46-43-40-37-34-32-30-28-26-23-20-17-14-11-8-5-2/h17,20,26,28,32,34,38,40-41,43,55-57,61-62H,4-16,18-19,21-25,27,29-31,33,35-37,39,42,44-54H2,1-3H3,(H,60,63)/b20-17-,28-26-,34-32-,41-38-,43-40-. The molecule has 378 valence electrons. The van der Waals surface area contributed by atoms with Crippen LogP contribution in [0.4, 0.5) is 0 Å². The van der Waals surface area contributed by atoms with E-state index < -0.39 is 18.2 Å². The maximum Gasteiger partial charge on any atom is 0.306 e. The fourth-order valence-electron chi connectivity index (χ4n) is 8.31. The van der Waals surface area contributed by atoms with Crippen molar-refractivity contribution in [1.82, 2.24) is 5.32 Å². The van der Waals surface area contributed by atoms with Crippen molar-refractivity contribution in [3.05, 3.63) is 60.8 Å². The van der Waals surface area contributed by atoms with Crippen LogP contribution in [-0.4, -0.2) is 46.9 Å². The fourth-order valence-corrected chi connectivity index (χ4v) is 8.31. The Hall–Kier alpha value is -2.44. The lowest BCUT2D eigenvalue weighted by atomic mass is 10.0. The summed E-state index contributed by atoms with van der Waals surface area (Å²) in [5.41, 5.74) is 0. The van der Waals surface area contributed by atoms with E-state index in [0.29, 0.717) is 25.7 Å². The Morgan fingerprint density at radius 3 is 1.26 bits per heavy atom. The minimum absolute atomic E-state index is 0.0347. The number of carbonyl (C=O) groups is 2. The third kappa shape index (κ3) is 47.8. The van der Waals surface area contributed by atoms with E-state index in [9.17, 15) is 19.8 Å². The minimum atomic E-state index is -0.805. The highest BCUT2D eigenvalue weighted by Gasteiger charge is 2.24. The Morgan fingerprint density at radius 1 is 0.446 bits per heavy atom. The molecule has 0 fully saturated rings. The van der Waals surface area contributed by atoms with Crippen molar-refractivity contribution in [3.8, 4) is 0 Å². The summed E-state index contributed by atoms with van der Waals surface area (Å²) in [4.78, 5) is 26.2. The monoisotopic (exact) mass is 910 g/mol. The number of rotatable bonds is 50. The molecular formula is C59H107NO5. The molecule has 0 bridgehead atoms. The van der Waals surface area contributed by atoms with Gasteiger partial charge in [0.05, 0.1) is 25.2 Å². The Labute approximate surface area is 403 Å². The van der Waals surface area contributed by atoms with Crippen LogP contribution in [0.5, 0.6) is 0 Å². The van der Waals surface area contributed by atoms with Gasteiger partial charge in [0.2, 0.25) is 5.91 Å². The molecule has 6 heteroatoms. The van der Waals surface area contributed by atoms with Gasteiger partial charge in [0.1, 0.15) is 6.10 Å².